The van der Waals surface area contributed by atoms with Crippen LogP contribution in [-0.2, 0) is 21.1 Å². The molecule has 0 heterocycles. The second kappa shape index (κ2) is 5.52. The monoisotopic (exact) mass is 270 g/mol. The van der Waals surface area contributed by atoms with Crippen LogP contribution < -0.4 is 0 Å². The summed E-state index contributed by atoms with van der Waals surface area (Å²) in [5.74, 6) is -0.884. The molecule has 0 spiro atoms. The van der Waals surface area contributed by atoms with E-state index in [2.05, 4.69) is 0 Å². The van der Waals surface area contributed by atoms with Gasteiger partial charge in [-0.1, -0.05) is 6.07 Å². The van der Waals surface area contributed by atoms with Crippen LogP contribution in [0.1, 0.15) is 31.4 Å². The molecule has 0 aliphatic heterocycles. The predicted octanol–water partition coefficient (Wildman–Crippen LogP) is 2.19. The highest BCUT2D eigenvalue weighted by Gasteiger charge is 2.19. The first kappa shape index (κ1) is 14.7. The lowest BCUT2D eigenvalue weighted by molar-refractivity contribution is -0.136. The molecule has 4 nitrogen and oxygen atoms in total. The summed E-state index contributed by atoms with van der Waals surface area (Å²) in [5, 5.41) is 8.16. The molecule has 1 N–H and O–H groups in total. The molecule has 18 heavy (non-hydrogen) atoms. The number of aryl methyl sites for hydroxylation is 2. The van der Waals surface area contributed by atoms with Crippen LogP contribution in [0.3, 0.4) is 0 Å². The zero-order valence-electron chi connectivity index (χ0n) is 10.8. The van der Waals surface area contributed by atoms with E-state index in [1.165, 1.54) is 0 Å². The van der Waals surface area contributed by atoms with Gasteiger partial charge in [0.25, 0.3) is 0 Å². The molecule has 1 aromatic rings. The van der Waals surface area contributed by atoms with Gasteiger partial charge >= 0.3 is 5.97 Å². The van der Waals surface area contributed by atoms with Gasteiger partial charge in [-0.2, -0.15) is 0 Å². The maximum absolute atomic E-state index is 12.1. The van der Waals surface area contributed by atoms with E-state index in [4.69, 9.17) is 5.11 Å². The fourth-order valence-corrected chi connectivity index (χ4v) is 2.87. The molecule has 0 saturated carbocycles. The van der Waals surface area contributed by atoms with E-state index in [-0.39, 0.29) is 11.3 Å². The van der Waals surface area contributed by atoms with E-state index in [0.717, 1.165) is 11.1 Å². The summed E-state index contributed by atoms with van der Waals surface area (Å²) in [6, 6.07) is 5.02. The number of carboxylic acids is 1. The number of carbonyl (C=O) groups is 1. The van der Waals surface area contributed by atoms with Gasteiger partial charge in [0.2, 0.25) is 0 Å². The number of benzene rings is 1. The third-order valence-corrected chi connectivity index (χ3v) is 4.82. The van der Waals surface area contributed by atoms with Crippen molar-refractivity contribution in [2.45, 2.75) is 43.8 Å². The third-order valence-electron chi connectivity index (χ3n) is 2.69. The fourth-order valence-electron chi connectivity index (χ4n) is 1.66. The van der Waals surface area contributed by atoms with Gasteiger partial charge in [0.05, 0.1) is 10.1 Å². The van der Waals surface area contributed by atoms with Crippen molar-refractivity contribution in [2.24, 2.45) is 0 Å². The van der Waals surface area contributed by atoms with Crippen LogP contribution in [0.5, 0.6) is 0 Å². The molecule has 0 aliphatic rings. The van der Waals surface area contributed by atoms with Gasteiger partial charge in [0.1, 0.15) is 0 Å². The molecule has 100 valence electrons. The van der Waals surface area contributed by atoms with E-state index in [9.17, 15) is 13.2 Å². The summed E-state index contributed by atoms with van der Waals surface area (Å²) >= 11 is 0. The minimum atomic E-state index is -3.31. The molecule has 1 rings (SSSR count). The van der Waals surface area contributed by atoms with E-state index in [1.807, 2.05) is 13.0 Å². The molecule has 0 saturated heterocycles. The molecular formula is C13H18O4S. The maximum Gasteiger partial charge on any atom is 0.303 e. The molecule has 5 heteroatoms. The minimum Gasteiger partial charge on any atom is -0.481 e. The van der Waals surface area contributed by atoms with Crippen LogP contribution >= 0.6 is 0 Å². The Hall–Kier alpha value is -1.36. The van der Waals surface area contributed by atoms with Crippen LogP contribution in [-0.4, -0.2) is 24.7 Å². The molecule has 0 aliphatic carbocycles. The predicted molar refractivity (Wildman–Crippen MR) is 69.5 cm³/mol. The van der Waals surface area contributed by atoms with Crippen molar-refractivity contribution in [1.82, 2.24) is 0 Å². The van der Waals surface area contributed by atoms with Crippen LogP contribution in [0.2, 0.25) is 0 Å². The summed E-state index contributed by atoms with van der Waals surface area (Å²) in [5.41, 5.74) is 1.58. The van der Waals surface area contributed by atoms with Gasteiger partial charge in [-0.3, -0.25) is 4.79 Å². The number of hydrogen-bond donors (Lipinski definition) is 1. The molecule has 1 aromatic carbocycles. The highest BCUT2D eigenvalue weighted by molar-refractivity contribution is 7.92. The Bertz CT molecular complexity index is 544. The number of carboxylic acid groups (broad SMARTS) is 1. The second-order valence-corrected chi connectivity index (χ2v) is 7.15. The normalized spacial score (nSPS) is 11.8. The highest BCUT2D eigenvalue weighted by atomic mass is 32.2. The Morgan fingerprint density at radius 2 is 1.89 bits per heavy atom. The molecule has 0 bridgehead atoms. The Morgan fingerprint density at radius 1 is 1.28 bits per heavy atom. The molecular weight excluding hydrogens is 252 g/mol. The summed E-state index contributed by atoms with van der Waals surface area (Å²) in [7, 11) is -3.31. The van der Waals surface area contributed by atoms with Crippen molar-refractivity contribution in [2.75, 3.05) is 0 Å². The standard InChI is InChI=1S/C13H18O4S/c1-9(2)18(16,17)12-7-10(3)6-11(8-12)4-5-13(14)15/h6-9H,4-5H2,1-3H3,(H,14,15). The van der Waals surface area contributed by atoms with Crippen molar-refractivity contribution in [3.63, 3.8) is 0 Å². The number of hydrogen-bond acceptors (Lipinski definition) is 3. The van der Waals surface area contributed by atoms with Crippen molar-refractivity contribution in [1.29, 1.82) is 0 Å². The maximum atomic E-state index is 12.1. The lowest BCUT2D eigenvalue weighted by atomic mass is 10.1. The van der Waals surface area contributed by atoms with Gasteiger partial charge in [-0.15, -0.1) is 0 Å². The van der Waals surface area contributed by atoms with Crippen LogP contribution in [0, 0.1) is 6.92 Å². The first-order chi connectivity index (χ1) is 8.23. The van der Waals surface area contributed by atoms with Crippen molar-refractivity contribution in [3.8, 4) is 0 Å². The van der Waals surface area contributed by atoms with E-state index in [0.29, 0.717) is 6.42 Å². The molecule has 0 unspecified atom stereocenters. The molecule has 0 fully saturated rings. The first-order valence-corrected chi connectivity index (χ1v) is 7.34. The number of sulfone groups is 1. The average Bonchev–Trinajstić information content (AvgIpc) is 2.25. The van der Waals surface area contributed by atoms with Crippen molar-refractivity contribution in [3.05, 3.63) is 29.3 Å². The van der Waals surface area contributed by atoms with Crippen molar-refractivity contribution < 1.29 is 18.3 Å². The smallest absolute Gasteiger partial charge is 0.303 e. The van der Waals surface area contributed by atoms with Gasteiger partial charge in [0, 0.05) is 6.42 Å². The van der Waals surface area contributed by atoms with Crippen molar-refractivity contribution >= 4 is 15.8 Å². The Labute approximate surface area is 108 Å². The van der Waals surface area contributed by atoms with Crippen LogP contribution in [0.25, 0.3) is 0 Å². The molecule has 0 amide bonds. The van der Waals surface area contributed by atoms with E-state index < -0.39 is 21.1 Å². The first-order valence-electron chi connectivity index (χ1n) is 5.79. The lowest BCUT2D eigenvalue weighted by Gasteiger charge is -2.10. The topological polar surface area (TPSA) is 71.4 Å². The molecule has 0 atom stereocenters. The number of rotatable bonds is 5. The molecule has 0 aromatic heterocycles. The van der Waals surface area contributed by atoms with Gasteiger partial charge in [-0.05, 0) is 50.5 Å². The Morgan fingerprint density at radius 3 is 2.39 bits per heavy atom. The minimum absolute atomic E-state index is 0.00458. The third kappa shape index (κ3) is 3.57. The van der Waals surface area contributed by atoms with Gasteiger partial charge < -0.3 is 5.11 Å². The molecule has 0 radical (unpaired) electrons. The van der Waals surface area contributed by atoms with Crippen LogP contribution in [0.15, 0.2) is 23.1 Å². The lowest BCUT2D eigenvalue weighted by Crippen LogP contribution is -2.14. The van der Waals surface area contributed by atoms with Crippen LogP contribution in [0.4, 0.5) is 0 Å². The quantitative estimate of drug-likeness (QED) is 0.890. The SMILES string of the molecule is Cc1cc(CCC(=O)O)cc(S(=O)(=O)C(C)C)c1. The van der Waals surface area contributed by atoms with Gasteiger partial charge in [-0.25, -0.2) is 8.42 Å². The Balaban J connectivity index is 3.12. The zero-order chi connectivity index (χ0) is 13.9. The summed E-state index contributed by atoms with van der Waals surface area (Å²) in [6.45, 7) is 5.08. The summed E-state index contributed by atoms with van der Waals surface area (Å²) < 4.78 is 24.1. The van der Waals surface area contributed by atoms with E-state index in [1.54, 1.807) is 26.0 Å². The number of aliphatic carboxylic acids is 1. The second-order valence-electron chi connectivity index (χ2n) is 4.64. The fraction of sp³-hybridized carbons (Fsp3) is 0.462. The zero-order valence-corrected chi connectivity index (χ0v) is 11.6. The summed E-state index contributed by atoms with van der Waals surface area (Å²) in [6.07, 6.45) is 0.349. The average molecular weight is 270 g/mol. The largest absolute Gasteiger partial charge is 0.481 e. The summed E-state index contributed by atoms with van der Waals surface area (Å²) in [4.78, 5) is 10.8. The highest BCUT2D eigenvalue weighted by Crippen LogP contribution is 2.20. The van der Waals surface area contributed by atoms with Gasteiger partial charge in [0.15, 0.2) is 9.84 Å². The Kier molecular flexibility index (Phi) is 4.51. The van der Waals surface area contributed by atoms with E-state index >= 15 is 0 Å².